The van der Waals surface area contributed by atoms with Crippen LogP contribution in [0.4, 0.5) is 4.39 Å². The smallest absolute Gasteiger partial charge is 0.263 e. The number of carbonyl (C=O) groups excluding carboxylic acids is 1. The Labute approximate surface area is 176 Å². The highest BCUT2D eigenvalue weighted by Crippen LogP contribution is 2.25. The van der Waals surface area contributed by atoms with Crippen LogP contribution in [-0.2, 0) is 6.54 Å². The Kier molecular flexibility index (Phi) is 5.76. The molecule has 0 aliphatic heterocycles. The van der Waals surface area contributed by atoms with Gasteiger partial charge in [0.25, 0.3) is 5.91 Å². The van der Waals surface area contributed by atoms with E-state index in [1.54, 1.807) is 49.6 Å². The SMILES string of the molecule is Cc1nc(-c2ncccn2)sc1C(=O)NCc1ccc(Oc2ccc(F)cc2)cc1. The molecule has 8 heteroatoms. The molecular weight excluding hydrogens is 403 g/mol. The van der Waals surface area contributed by atoms with Crippen molar-refractivity contribution in [1.29, 1.82) is 0 Å². The molecule has 1 N–H and O–H groups in total. The zero-order chi connectivity index (χ0) is 20.9. The lowest BCUT2D eigenvalue weighted by atomic mass is 10.2. The number of nitrogens with one attached hydrogen (secondary N) is 1. The van der Waals surface area contributed by atoms with E-state index >= 15 is 0 Å². The number of aromatic nitrogens is 3. The van der Waals surface area contributed by atoms with Crippen LogP contribution in [0.1, 0.15) is 20.9 Å². The maximum atomic E-state index is 13.0. The summed E-state index contributed by atoms with van der Waals surface area (Å²) < 4.78 is 18.6. The molecule has 150 valence electrons. The van der Waals surface area contributed by atoms with Crippen LogP contribution in [0.25, 0.3) is 10.8 Å². The minimum Gasteiger partial charge on any atom is -0.457 e. The van der Waals surface area contributed by atoms with Crippen LogP contribution in [0, 0.1) is 12.7 Å². The van der Waals surface area contributed by atoms with Gasteiger partial charge in [0.2, 0.25) is 0 Å². The second kappa shape index (κ2) is 8.79. The standard InChI is InChI=1S/C22H17FN4O2S/c1-14-19(30-22(27-14)20-24-11-2-12-25-20)21(28)26-13-15-3-7-17(8-4-15)29-18-9-5-16(23)6-10-18/h2-12H,13H2,1H3,(H,26,28). The van der Waals surface area contributed by atoms with Gasteiger partial charge in [-0.25, -0.2) is 19.3 Å². The predicted octanol–water partition coefficient (Wildman–Crippen LogP) is 4.77. The van der Waals surface area contributed by atoms with E-state index in [1.807, 2.05) is 12.1 Å². The van der Waals surface area contributed by atoms with Crippen molar-refractivity contribution in [2.45, 2.75) is 13.5 Å². The zero-order valence-electron chi connectivity index (χ0n) is 16.0. The van der Waals surface area contributed by atoms with Crippen LogP contribution in [-0.4, -0.2) is 20.9 Å². The Morgan fingerprint density at radius 3 is 2.33 bits per heavy atom. The highest BCUT2D eigenvalue weighted by atomic mass is 32.1. The third-order valence-corrected chi connectivity index (χ3v) is 5.34. The van der Waals surface area contributed by atoms with Gasteiger partial charge < -0.3 is 10.1 Å². The fraction of sp³-hybridized carbons (Fsp3) is 0.0909. The van der Waals surface area contributed by atoms with Crippen molar-refractivity contribution in [2.75, 3.05) is 0 Å². The Morgan fingerprint density at radius 2 is 1.67 bits per heavy atom. The first kappa shape index (κ1) is 19.7. The van der Waals surface area contributed by atoms with Crippen LogP contribution in [0.15, 0.2) is 67.0 Å². The molecule has 6 nitrogen and oxygen atoms in total. The lowest BCUT2D eigenvalue weighted by molar-refractivity contribution is 0.0954. The number of hydrogen-bond acceptors (Lipinski definition) is 6. The minimum absolute atomic E-state index is 0.196. The summed E-state index contributed by atoms with van der Waals surface area (Å²) in [5.74, 6) is 1.17. The topological polar surface area (TPSA) is 77.0 Å². The molecule has 1 amide bonds. The number of rotatable bonds is 6. The van der Waals surface area contributed by atoms with Gasteiger partial charge in [-0.05, 0) is 55.0 Å². The molecule has 0 aliphatic rings. The first-order chi connectivity index (χ1) is 14.6. The van der Waals surface area contributed by atoms with E-state index in [4.69, 9.17) is 4.74 Å². The van der Waals surface area contributed by atoms with Crippen LogP contribution in [0.3, 0.4) is 0 Å². The number of benzene rings is 2. The molecule has 2 heterocycles. The third kappa shape index (κ3) is 4.66. The largest absolute Gasteiger partial charge is 0.457 e. The van der Waals surface area contributed by atoms with Gasteiger partial charge in [-0.2, -0.15) is 0 Å². The Balaban J connectivity index is 1.37. The van der Waals surface area contributed by atoms with Gasteiger partial charge in [0.15, 0.2) is 10.8 Å². The second-order valence-corrected chi connectivity index (χ2v) is 7.39. The third-order valence-electron chi connectivity index (χ3n) is 4.19. The number of hydrogen-bond donors (Lipinski definition) is 1. The highest BCUT2D eigenvalue weighted by molar-refractivity contribution is 7.17. The van der Waals surface area contributed by atoms with E-state index in [0.29, 0.717) is 39.4 Å². The first-order valence-electron chi connectivity index (χ1n) is 9.14. The highest BCUT2D eigenvalue weighted by Gasteiger charge is 2.17. The quantitative estimate of drug-likeness (QED) is 0.486. The number of thiazole rings is 1. The van der Waals surface area contributed by atoms with Crippen molar-refractivity contribution in [3.63, 3.8) is 0 Å². The van der Waals surface area contributed by atoms with Crippen molar-refractivity contribution in [3.05, 3.63) is 88.9 Å². The summed E-state index contributed by atoms with van der Waals surface area (Å²) in [6, 6.07) is 14.9. The summed E-state index contributed by atoms with van der Waals surface area (Å²) in [5, 5.41) is 3.52. The second-order valence-electron chi connectivity index (χ2n) is 6.39. The molecule has 4 aromatic rings. The maximum Gasteiger partial charge on any atom is 0.263 e. The van der Waals surface area contributed by atoms with Gasteiger partial charge in [-0.3, -0.25) is 4.79 Å². The van der Waals surface area contributed by atoms with E-state index < -0.39 is 0 Å². The average Bonchev–Trinajstić information content (AvgIpc) is 3.17. The van der Waals surface area contributed by atoms with Crippen molar-refractivity contribution < 1.29 is 13.9 Å². The molecule has 0 aliphatic carbocycles. The molecule has 30 heavy (non-hydrogen) atoms. The summed E-state index contributed by atoms with van der Waals surface area (Å²) in [7, 11) is 0. The molecule has 0 atom stereocenters. The van der Waals surface area contributed by atoms with Crippen molar-refractivity contribution in [1.82, 2.24) is 20.3 Å². The molecule has 0 radical (unpaired) electrons. The summed E-state index contributed by atoms with van der Waals surface area (Å²) in [4.78, 5) is 25.9. The predicted molar refractivity (Wildman–Crippen MR) is 112 cm³/mol. The number of nitrogens with zero attached hydrogens (tertiary/aromatic N) is 3. The summed E-state index contributed by atoms with van der Waals surface area (Å²) in [6.45, 7) is 2.16. The van der Waals surface area contributed by atoms with Gasteiger partial charge in [0.05, 0.1) is 5.69 Å². The van der Waals surface area contributed by atoms with Crippen molar-refractivity contribution in [2.24, 2.45) is 0 Å². The fourth-order valence-corrected chi connectivity index (χ4v) is 3.62. The molecule has 0 bridgehead atoms. The Morgan fingerprint density at radius 1 is 1.03 bits per heavy atom. The zero-order valence-corrected chi connectivity index (χ0v) is 16.8. The number of aryl methyl sites for hydroxylation is 1. The van der Waals surface area contributed by atoms with Crippen LogP contribution in [0.5, 0.6) is 11.5 Å². The van der Waals surface area contributed by atoms with E-state index in [-0.39, 0.29) is 11.7 Å². The molecular formula is C22H17FN4O2S. The van der Waals surface area contributed by atoms with Gasteiger partial charge >= 0.3 is 0 Å². The molecule has 0 spiro atoms. The van der Waals surface area contributed by atoms with E-state index in [2.05, 4.69) is 20.3 Å². The van der Waals surface area contributed by atoms with Gasteiger partial charge in [0, 0.05) is 18.9 Å². The van der Waals surface area contributed by atoms with E-state index in [0.717, 1.165) is 5.56 Å². The molecule has 2 aromatic heterocycles. The number of ether oxygens (including phenoxy) is 1. The lowest BCUT2D eigenvalue weighted by Crippen LogP contribution is -2.22. The normalized spacial score (nSPS) is 10.6. The summed E-state index contributed by atoms with van der Waals surface area (Å²) in [5.41, 5.74) is 1.56. The molecule has 2 aromatic carbocycles. The van der Waals surface area contributed by atoms with Crippen LogP contribution >= 0.6 is 11.3 Å². The first-order valence-corrected chi connectivity index (χ1v) is 9.95. The van der Waals surface area contributed by atoms with Crippen molar-refractivity contribution >= 4 is 17.2 Å². The van der Waals surface area contributed by atoms with Gasteiger partial charge in [-0.15, -0.1) is 11.3 Å². The molecule has 0 saturated carbocycles. The molecule has 0 saturated heterocycles. The number of carbonyl (C=O) groups is 1. The lowest BCUT2D eigenvalue weighted by Gasteiger charge is -2.08. The maximum absolute atomic E-state index is 13.0. The Hall–Kier alpha value is -3.65. The average molecular weight is 420 g/mol. The molecule has 4 rings (SSSR count). The summed E-state index contributed by atoms with van der Waals surface area (Å²) >= 11 is 1.27. The van der Waals surface area contributed by atoms with Crippen LogP contribution in [0.2, 0.25) is 0 Å². The van der Waals surface area contributed by atoms with E-state index in [1.165, 1.54) is 23.5 Å². The van der Waals surface area contributed by atoms with Crippen LogP contribution < -0.4 is 10.1 Å². The monoisotopic (exact) mass is 420 g/mol. The summed E-state index contributed by atoms with van der Waals surface area (Å²) in [6.07, 6.45) is 3.28. The molecule has 0 fully saturated rings. The number of amides is 1. The Bertz CT molecular complexity index is 1150. The van der Waals surface area contributed by atoms with Crippen molar-refractivity contribution in [3.8, 4) is 22.3 Å². The van der Waals surface area contributed by atoms with Gasteiger partial charge in [0.1, 0.15) is 22.2 Å². The minimum atomic E-state index is -0.312. The fourth-order valence-electron chi connectivity index (χ4n) is 2.69. The number of halogens is 1. The van der Waals surface area contributed by atoms with E-state index in [9.17, 15) is 9.18 Å². The van der Waals surface area contributed by atoms with Gasteiger partial charge in [-0.1, -0.05) is 12.1 Å². The molecule has 0 unspecified atom stereocenters.